The van der Waals surface area contributed by atoms with Gasteiger partial charge in [-0.05, 0) is 25.1 Å². The summed E-state index contributed by atoms with van der Waals surface area (Å²) < 4.78 is 32.3. The first kappa shape index (κ1) is 19.2. The minimum Gasteiger partial charge on any atom is -0.457 e. The maximum absolute atomic E-state index is 13.5. The van der Waals surface area contributed by atoms with E-state index in [2.05, 4.69) is 15.3 Å². The van der Waals surface area contributed by atoms with Crippen molar-refractivity contribution in [3.8, 4) is 6.01 Å². The molecule has 5 nitrogen and oxygen atoms in total. The van der Waals surface area contributed by atoms with Gasteiger partial charge in [-0.25, -0.2) is 13.8 Å². The Hall–Kier alpha value is -2.12. The SMILES string of the molecule is Cc1nc(OC/C(N)=C/Nc2ccc(Cl)c(C(C)(F)F)c2)ncc1Cl. The van der Waals surface area contributed by atoms with Crippen LogP contribution in [0.5, 0.6) is 6.01 Å². The molecular weight excluding hydrogens is 373 g/mol. The second-order valence-electron chi connectivity index (χ2n) is 5.32. The summed E-state index contributed by atoms with van der Waals surface area (Å²) >= 11 is 11.6. The highest BCUT2D eigenvalue weighted by Crippen LogP contribution is 2.34. The van der Waals surface area contributed by atoms with Crippen molar-refractivity contribution in [2.75, 3.05) is 11.9 Å². The molecule has 0 aliphatic rings. The molecule has 2 aromatic rings. The lowest BCUT2D eigenvalue weighted by atomic mass is 10.1. The van der Waals surface area contributed by atoms with E-state index in [-0.39, 0.29) is 23.2 Å². The average molecular weight is 389 g/mol. The topological polar surface area (TPSA) is 73.1 Å². The molecule has 134 valence electrons. The molecule has 0 saturated heterocycles. The van der Waals surface area contributed by atoms with Gasteiger partial charge < -0.3 is 15.8 Å². The van der Waals surface area contributed by atoms with Gasteiger partial charge in [0.25, 0.3) is 5.92 Å². The molecule has 1 heterocycles. The van der Waals surface area contributed by atoms with Gasteiger partial charge in [0.1, 0.15) is 6.61 Å². The number of nitrogens with one attached hydrogen (secondary N) is 1. The second-order valence-corrected chi connectivity index (χ2v) is 6.14. The lowest BCUT2D eigenvalue weighted by Crippen LogP contribution is -2.13. The van der Waals surface area contributed by atoms with Crippen LogP contribution in [-0.4, -0.2) is 16.6 Å². The Bertz CT molecular complexity index is 794. The van der Waals surface area contributed by atoms with Crippen molar-refractivity contribution in [1.82, 2.24) is 9.97 Å². The van der Waals surface area contributed by atoms with Crippen LogP contribution in [0, 0.1) is 6.92 Å². The van der Waals surface area contributed by atoms with Crippen LogP contribution in [0.2, 0.25) is 10.0 Å². The van der Waals surface area contributed by atoms with Gasteiger partial charge in [0.2, 0.25) is 0 Å². The van der Waals surface area contributed by atoms with Crippen LogP contribution in [-0.2, 0) is 5.92 Å². The molecule has 0 saturated carbocycles. The largest absolute Gasteiger partial charge is 0.457 e. The molecule has 0 bridgehead atoms. The first-order valence-electron chi connectivity index (χ1n) is 7.17. The number of rotatable bonds is 6. The molecule has 1 aromatic heterocycles. The first-order chi connectivity index (χ1) is 11.7. The van der Waals surface area contributed by atoms with Gasteiger partial charge >= 0.3 is 6.01 Å². The lowest BCUT2D eigenvalue weighted by Gasteiger charge is -2.14. The van der Waals surface area contributed by atoms with E-state index in [9.17, 15) is 8.78 Å². The molecule has 25 heavy (non-hydrogen) atoms. The number of hydrogen-bond donors (Lipinski definition) is 2. The Morgan fingerprint density at radius 3 is 2.72 bits per heavy atom. The fourth-order valence-electron chi connectivity index (χ4n) is 1.82. The standard InChI is InChI=1S/C16H16Cl2F2N4O/c1-9-14(18)7-23-15(24-9)25-8-10(21)6-22-11-3-4-13(17)12(5-11)16(2,19)20/h3-7,22H,8,21H2,1-2H3/b10-6-. The summed E-state index contributed by atoms with van der Waals surface area (Å²) in [5.41, 5.74) is 6.86. The van der Waals surface area contributed by atoms with Gasteiger partial charge in [0.15, 0.2) is 0 Å². The summed E-state index contributed by atoms with van der Waals surface area (Å²) in [6.07, 6.45) is 2.86. The number of nitrogens with two attached hydrogens (primary N) is 1. The van der Waals surface area contributed by atoms with Crippen LogP contribution < -0.4 is 15.8 Å². The van der Waals surface area contributed by atoms with E-state index in [0.717, 1.165) is 6.92 Å². The zero-order chi connectivity index (χ0) is 18.6. The highest BCUT2D eigenvalue weighted by molar-refractivity contribution is 6.31. The normalized spacial score (nSPS) is 12.2. The predicted molar refractivity (Wildman–Crippen MR) is 94.2 cm³/mol. The van der Waals surface area contributed by atoms with E-state index < -0.39 is 5.92 Å². The molecule has 0 aliphatic carbocycles. The Labute approximate surface area is 153 Å². The maximum Gasteiger partial charge on any atom is 0.317 e. The van der Waals surface area contributed by atoms with E-state index >= 15 is 0 Å². The molecule has 9 heteroatoms. The number of alkyl halides is 2. The first-order valence-corrected chi connectivity index (χ1v) is 7.93. The number of ether oxygens (including phenoxy) is 1. The number of hydrogen-bond acceptors (Lipinski definition) is 5. The Morgan fingerprint density at radius 2 is 2.08 bits per heavy atom. The molecule has 0 aliphatic heterocycles. The second kappa shape index (κ2) is 7.84. The summed E-state index contributed by atoms with van der Waals surface area (Å²) in [7, 11) is 0. The van der Waals surface area contributed by atoms with Crippen molar-refractivity contribution in [3.63, 3.8) is 0 Å². The Kier molecular flexibility index (Phi) is 6.02. The van der Waals surface area contributed by atoms with Crippen molar-refractivity contribution in [2.45, 2.75) is 19.8 Å². The molecule has 0 atom stereocenters. The van der Waals surface area contributed by atoms with Crippen LogP contribution >= 0.6 is 23.2 Å². The molecule has 0 spiro atoms. The number of nitrogens with zero attached hydrogens (tertiary/aromatic N) is 2. The third kappa shape index (κ3) is 5.44. The molecule has 1 aromatic carbocycles. The average Bonchev–Trinajstić information content (AvgIpc) is 2.54. The molecule has 0 radical (unpaired) electrons. The summed E-state index contributed by atoms with van der Waals surface area (Å²) in [4.78, 5) is 7.96. The predicted octanol–water partition coefficient (Wildman–Crippen LogP) is 4.49. The van der Waals surface area contributed by atoms with Gasteiger partial charge in [-0.1, -0.05) is 23.2 Å². The summed E-state index contributed by atoms with van der Waals surface area (Å²) in [5.74, 6) is -3.04. The number of benzene rings is 1. The van der Waals surface area contributed by atoms with Gasteiger partial charge in [0.05, 0.1) is 22.6 Å². The fourth-order valence-corrected chi connectivity index (χ4v) is 2.19. The van der Waals surface area contributed by atoms with Crippen LogP contribution in [0.15, 0.2) is 36.3 Å². The summed E-state index contributed by atoms with van der Waals surface area (Å²) in [6.45, 7) is 2.52. The van der Waals surface area contributed by atoms with Crippen LogP contribution in [0.3, 0.4) is 0 Å². The minimum absolute atomic E-state index is 0.00593. The van der Waals surface area contributed by atoms with Gasteiger partial charge in [0, 0.05) is 29.4 Å². The molecule has 0 unspecified atom stereocenters. The zero-order valence-corrected chi connectivity index (χ0v) is 15.0. The van der Waals surface area contributed by atoms with E-state index in [4.69, 9.17) is 33.7 Å². The Morgan fingerprint density at radius 1 is 1.36 bits per heavy atom. The molecule has 3 N–H and O–H groups in total. The third-order valence-corrected chi connectivity index (χ3v) is 3.83. The number of halogens is 4. The van der Waals surface area contributed by atoms with Crippen LogP contribution in [0.25, 0.3) is 0 Å². The van der Waals surface area contributed by atoms with Crippen LogP contribution in [0.1, 0.15) is 18.2 Å². The van der Waals surface area contributed by atoms with Crippen molar-refractivity contribution in [3.05, 3.63) is 57.6 Å². The fraction of sp³-hybridized carbons (Fsp3) is 0.250. The van der Waals surface area contributed by atoms with E-state index in [1.807, 2.05) is 0 Å². The van der Waals surface area contributed by atoms with E-state index in [1.165, 1.54) is 24.5 Å². The van der Waals surface area contributed by atoms with Crippen molar-refractivity contribution in [2.24, 2.45) is 5.73 Å². The summed E-state index contributed by atoms with van der Waals surface area (Å²) in [5, 5.41) is 3.25. The quantitative estimate of drug-likeness (QED) is 0.762. The smallest absolute Gasteiger partial charge is 0.317 e. The van der Waals surface area contributed by atoms with Gasteiger partial charge in [-0.2, -0.15) is 4.98 Å². The van der Waals surface area contributed by atoms with E-state index in [1.54, 1.807) is 13.0 Å². The monoisotopic (exact) mass is 388 g/mol. The molecule has 0 fully saturated rings. The van der Waals surface area contributed by atoms with Gasteiger partial charge in [-0.3, -0.25) is 0 Å². The van der Waals surface area contributed by atoms with Crippen molar-refractivity contribution < 1.29 is 13.5 Å². The maximum atomic E-state index is 13.5. The Balaban J connectivity index is 2.00. The minimum atomic E-state index is -3.04. The highest BCUT2D eigenvalue weighted by Gasteiger charge is 2.27. The highest BCUT2D eigenvalue weighted by atomic mass is 35.5. The van der Waals surface area contributed by atoms with Crippen LogP contribution in [0.4, 0.5) is 14.5 Å². The van der Waals surface area contributed by atoms with E-state index in [0.29, 0.717) is 22.1 Å². The van der Waals surface area contributed by atoms with Crippen molar-refractivity contribution >= 4 is 28.9 Å². The molecule has 2 rings (SSSR count). The zero-order valence-electron chi connectivity index (χ0n) is 13.5. The molecular formula is C16H16Cl2F2N4O. The number of anilines is 1. The molecule has 0 amide bonds. The number of aromatic nitrogens is 2. The lowest BCUT2D eigenvalue weighted by molar-refractivity contribution is 0.0176. The third-order valence-electron chi connectivity index (χ3n) is 3.13. The van der Waals surface area contributed by atoms with Gasteiger partial charge in [-0.15, -0.1) is 0 Å². The number of aryl methyl sites for hydroxylation is 1. The summed E-state index contributed by atoms with van der Waals surface area (Å²) in [6, 6.07) is 4.35. The van der Waals surface area contributed by atoms with Crippen molar-refractivity contribution in [1.29, 1.82) is 0 Å².